The number of esters is 1. The zero-order valence-electron chi connectivity index (χ0n) is 14.3. The van der Waals surface area contributed by atoms with Gasteiger partial charge in [0, 0.05) is 18.7 Å². The van der Waals surface area contributed by atoms with Gasteiger partial charge >= 0.3 is 5.97 Å². The van der Waals surface area contributed by atoms with Crippen molar-refractivity contribution in [2.45, 2.75) is 20.8 Å². The van der Waals surface area contributed by atoms with Crippen LogP contribution in [0.25, 0.3) is 0 Å². The number of hydrogen-bond donors (Lipinski definition) is 1. The topological polar surface area (TPSA) is 84.9 Å². The van der Waals surface area contributed by atoms with Gasteiger partial charge in [-0.15, -0.1) is 0 Å². The lowest BCUT2D eigenvalue weighted by Crippen LogP contribution is -2.36. The van der Waals surface area contributed by atoms with E-state index in [1.54, 1.807) is 29.2 Å². The summed E-state index contributed by atoms with van der Waals surface area (Å²) in [5, 5.41) is 2.45. The molecule has 0 unspecified atom stereocenters. The van der Waals surface area contributed by atoms with Crippen LogP contribution in [-0.4, -0.2) is 55.5 Å². The second-order valence-corrected chi connectivity index (χ2v) is 4.87. The smallest absolute Gasteiger partial charge is 0.325 e. The summed E-state index contributed by atoms with van der Waals surface area (Å²) in [5.74, 6) is -0.644. The Morgan fingerprint density at radius 1 is 1.04 bits per heavy atom. The molecule has 0 aliphatic heterocycles. The average molecular weight is 336 g/mol. The molecule has 1 aromatic carbocycles. The first-order chi connectivity index (χ1) is 11.5. The number of amides is 2. The van der Waals surface area contributed by atoms with E-state index >= 15 is 0 Å². The number of carbonyl (C=O) groups is 3. The summed E-state index contributed by atoms with van der Waals surface area (Å²) in [6.07, 6.45) is 0. The van der Waals surface area contributed by atoms with Crippen LogP contribution in [0.3, 0.4) is 0 Å². The van der Waals surface area contributed by atoms with Crippen molar-refractivity contribution in [2.75, 3.05) is 32.8 Å². The molecule has 0 saturated carbocycles. The molecule has 0 radical (unpaired) electrons. The van der Waals surface area contributed by atoms with Crippen LogP contribution >= 0.6 is 0 Å². The molecule has 1 aromatic rings. The Hall–Kier alpha value is -2.57. The van der Waals surface area contributed by atoms with Gasteiger partial charge in [-0.05, 0) is 45.0 Å². The molecule has 0 heterocycles. The first-order valence-electron chi connectivity index (χ1n) is 7.96. The van der Waals surface area contributed by atoms with Crippen LogP contribution in [0, 0.1) is 0 Å². The van der Waals surface area contributed by atoms with Crippen molar-refractivity contribution >= 4 is 17.8 Å². The van der Waals surface area contributed by atoms with Crippen LogP contribution in [0.4, 0.5) is 0 Å². The second kappa shape index (κ2) is 10.3. The quantitative estimate of drug-likeness (QED) is 0.686. The van der Waals surface area contributed by atoms with Gasteiger partial charge in [0.2, 0.25) is 0 Å². The Morgan fingerprint density at radius 2 is 1.67 bits per heavy atom. The van der Waals surface area contributed by atoms with Gasteiger partial charge in [-0.25, -0.2) is 0 Å². The van der Waals surface area contributed by atoms with Gasteiger partial charge in [0.1, 0.15) is 12.3 Å². The third-order valence-electron chi connectivity index (χ3n) is 3.29. The Kier molecular flexibility index (Phi) is 8.32. The summed E-state index contributed by atoms with van der Waals surface area (Å²) in [6, 6.07) is 6.57. The summed E-state index contributed by atoms with van der Waals surface area (Å²) in [4.78, 5) is 36.8. The Bertz CT molecular complexity index is 553. The molecule has 24 heavy (non-hydrogen) atoms. The number of nitrogens with zero attached hydrogens (tertiary/aromatic N) is 1. The van der Waals surface area contributed by atoms with Crippen LogP contribution in [0.2, 0.25) is 0 Å². The summed E-state index contributed by atoms with van der Waals surface area (Å²) in [6.45, 7) is 6.61. The standard InChI is InChI=1S/C17H24N2O5/c1-4-19(5-2)15(20)12-24-16(21)11-18-17(22)13-7-9-14(10-8-13)23-6-3/h7-10H,4-6,11-12H2,1-3H3,(H,18,22). The molecule has 0 bridgehead atoms. The fourth-order valence-electron chi connectivity index (χ4n) is 1.98. The summed E-state index contributed by atoms with van der Waals surface area (Å²) >= 11 is 0. The van der Waals surface area contributed by atoms with E-state index in [0.717, 1.165) is 0 Å². The molecule has 7 nitrogen and oxygen atoms in total. The third kappa shape index (κ3) is 6.28. The maximum absolute atomic E-state index is 11.9. The average Bonchev–Trinajstić information content (AvgIpc) is 2.59. The minimum absolute atomic E-state index is 0.258. The highest BCUT2D eigenvalue weighted by molar-refractivity contribution is 5.96. The summed E-state index contributed by atoms with van der Waals surface area (Å²) in [5.41, 5.74) is 0.408. The molecular weight excluding hydrogens is 312 g/mol. The maximum Gasteiger partial charge on any atom is 0.325 e. The Morgan fingerprint density at radius 3 is 2.21 bits per heavy atom. The second-order valence-electron chi connectivity index (χ2n) is 4.87. The minimum Gasteiger partial charge on any atom is -0.494 e. The molecule has 7 heteroatoms. The molecule has 2 amide bonds. The molecule has 1 rings (SSSR count). The van der Waals surface area contributed by atoms with E-state index in [4.69, 9.17) is 9.47 Å². The van der Waals surface area contributed by atoms with Crippen LogP contribution in [-0.2, 0) is 14.3 Å². The number of hydrogen-bond acceptors (Lipinski definition) is 5. The third-order valence-corrected chi connectivity index (χ3v) is 3.29. The summed E-state index contributed by atoms with van der Waals surface area (Å²) in [7, 11) is 0. The lowest BCUT2D eigenvalue weighted by Gasteiger charge is -2.18. The van der Waals surface area contributed by atoms with E-state index in [1.165, 1.54) is 0 Å². The largest absolute Gasteiger partial charge is 0.494 e. The van der Waals surface area contributed by atoms with E-state index in [2.05, 4.69) is 5.32 Å². The van der Waals surface area contributed by atoms with E-state index in [1.807, 2.05) is 20.8 Å². The number of carbonyl (C=O) groups excluding carboxylic acids is 3. The predicted octanol–water partition coefficient (Wildman–Crippen LogP) is 1.23. The van der Waals surface area contributed by atoms with E-state index in [9.17, 15) is 14.4 Å². The molecular formula is C17H24N2O5. The predicted molar refractivity (Wildman–Crippen MR) is 88.8 cm³/mol. The fraction of sp³-hybridized carbons (Fsp3) is 0.471. The first-order valence-corrected chi connectivity index (χ1v) is 7.96. The van der Waals surface area contributed by atoms with Crippen molar-refractivity contribution < 1.29 is 23.9 Å². The number of nitrogens with one attached hydrogen (secondary N) is 1. The molecule has 132 valence electrons. The highest BCUT2D eigenvalue weighted by Gasteiger charge is 2.13. The van der Waals surface area contributed by atoms with Gasteiger partial charge in [-0.3, -0.25) is 14.4 Å². The van der Waals surface area contributed by atoms with Crippen LogP contribution in [0.5, 0.6) is 5.75 Å². The van der Waals surface area contributed by atoms with Crippen molar-refractivity contribution in [3.63, 3.8) is 0 Å². The van der Waals surface area contributed by atoms with E-state index in [-0.39, 0.29) is 19.1 Å². The Balaban J connectivity index is 2.38. The molecule has 1 N–H and O–H groups in total. The lowest BCUT2D eigenvalue weighted by atomic mass is 10.2. The highest BCUT2D eigenvalue weighted by atomic mass is 16.5. The lowest BCUT2D eigenvalue weighted by molar-refractivity contribution is -0.151. The maximum atomic E-state index is 11.9. The van der Waals surface area contributed by atoms with Gasteiger partial charge in [0.05, 0.1) is 6.61 Å². The molecule has 0 spiro atoms. The van der Waals surface area contributed by atoms with Crippen molar-refractivity contribution in [1.29, 1.82) is 0 Å². The first kappa shape index (κ1) is 19.5. The van der Waals surface area contributed by atoms with Gasteiger partial charge < -0.3 is 19.7 Å². The monoisotopic (exact) mass is 336 g/mol. The molecule has 0 aliphatic rings. The normalized spacial score (nSPS) is 9.96. The van der Waals surface area contributed by atoms with Crippen molar-refractivity contribution in [3.05, 3.63) is 29.8 Å². The molecule has 0 aromatic heterocycles. The van der Waals surface area contributed by atoms with Crippen LogP contribution in [0.15, 0.2) is 24.3 Å². The summed E-state index contributed by atoms with van der Waals surface area (Å²) < 4.78 is 10.2. The zero-order chi connectivity index (χ0) is 17.9. The van der Waals surface area contributed by atoms with Crippen molar-refractivity contribution in [1.82, 2.24) is 10.2 Å². The van der Waals surface area contributed by atoms with Gasteiger partial charge in [-0.2, -0.15) is 0 Å². The number of likely N-dealkylation sites (N-methyl/N-ethyl adjacent to an activating group) is 1. The molecule has 0 aliphatic carbocycles. The van der Waals surface area contributed by atoms with Crippen molar-refractivity contribution in [2.24, 2.45) is 0 Å². The molecule has 0 saturated heterocycles. The molecule has 0 atom stereocenters. The van der Waals surface area contributed by atoms with Crippen LogP contribution < -0.4 is 10.1 Å². The highest BCUT2D eigenvalue weighted by Crippen LogP contribution is 2.11. The van der Waals surface area contributed by atoms with Gasteiger partial charge in [0.15, 0.2) is 6.61 Å². The van der Waals surface area contributed by atoms with E-state index < -0.39 is 11.9 Å². The SMILES string of the molecule is CCOc1ccc(C(=O)NCC(=O)OCC(=O)N(CC)CC)cc1. The number of ether oxygens (including phenoxy) is 2. The van der Waals surface area contributed by atoms with Gasteiger partial charge in [-0.1, -0.05) is 0 Å². The fourth-order valence-corrected chi connectivity index (χ4v) is 1.98. The number of rotatable bonds is 9. The number of benzene rings is 1. The zero-order valence-corrected chi connectivity index (χ0v) is 14.3. The van der Waals surface area contributed by atoms with Crippen molar-refractivity contribution in [3.8, 4) is 5.75 Å². The van der Waals surface area contributed by atoms with Gasteiger partial charge in [0.25, 0.3) is 11.8 Å². The Labute approximate surface area is 141 Å². The van der Waals surface area contributed by atoms with E-state index in [0.29, 0.717) is 31.0 Å². The molecule has 0 fully saturated rings. The minimum atomic E-state index is -0.658. The van der Waals surface area contributed by atoms with Crippen LogP contribution in [0.1, 0.15) is 31.1 Å².